The first kappa shape index (κ1) is 19.0. The number of rotatable bonds is 5. The number of aromatic nitrogens is 3. The molecule has 1 aliphatic heterocycles. The maximum Gasteiger partial charge on any atom is 0.230 e. The summed E-state index contributed by atoms with van der Waals surface area (Å²) in [7, 11) is 0. The van der Waals surface area contributed by atoms with Crippen LogP contribution in [0.25, 0.3) is 0 Å². The lowest BCUT2D eigenvalue weighted by molar-refractivity contribution is -0.133. The number of piperazine rings is 1. The predicted octanol–water partition coefficient (Wildman–Crippen LogP) is 2.69. The number of benzene rings is 1. The van der Waals surface area contributed by atoms with Crippen LogP contribution in [0.5, 0.6) is 0 Å². The summed E-state index contributed by atoms with van der Waals surface area (Å²) in [5.74, 6) is 0.0521. The monoisotopic (exact) mass is 391 g/mol. The molecule has 7 heteroatoms. The maximum atomic E-state index is 13.4. The molecule has 0 aliphatic carbocycles. The summed E-state index contributed by atoms with van der Waals surface area (Å²) in [6, 6.07) is 11.8. The van der Waals surface area contributed by atoms with Gasteiger partial charge in [-0.2, -0.15) is 0 Å². The molecule has 29 heavy (non-hydrogen) atoms. The van der Waals surface area contributed by atoms with Crippen LogP contribution in [0.15, 0.2) is 67.3 Å². The summed E-state index contributed by atoms with van der Waals surface area (Å²) in [6.45, 7) is 2.56. The van der Waals surface area contributed by atoms with Gasteiger partial charge in [-0.15, -0.1) is 0 Å². The van der Waals surface area contributed by atoms with Crippen molar-refractivity contribution < 1.29 is 9.18 Å². The van der Waals surface area contributed by atoms with Crippen molar-refractivity contribution in [1.82, 2.24) is 19.9 Å². The lowest BCUT2D eigenvalue weighted by Crippen LogP contribution is -2.50. The van der Waals surface area contributed by atoms with Gasteiger partial charge in [0.05, 0.1) is 5.92 Å². The SMILES string of the molecule is O=C(C(Cc1cccnc1)c1ccc(F)cc1)N1CCN(c2ncccn2)CC1. The molecule has 0 N–H and O–H groups in total. The number of pyridine rings is 1. The van der Waals surface area contributed by atoms with Gasteiger partial charge < -0.3 is 9.80 Å². The van der Waals surface area contributed by atoms with Gasteiger partial charge >= 0.3 is 0 Å². The van der Waals surface area contributed by atoms with Crippen LogP contribution in [0.2, 0.25) is 0 Å². The van der Waals surface area contributed by atoms with Crippen LogP contribution >= 0.6 is 0 Å². The highest BCUT2D eigenvalue weighted by molar-refractivity contribution is 5.84. The fraction of sp³-hybridized carbons (Fsp3) is 0.273. The zero-order valence-electron chi connectivity index (χ0n) is 16.0. The van der Waals surface area contributed by atoms with E-state index in [0.717, 1.165) is 11.1 Å². The van der Waals surface area contributed by atoms with Crippen LogP contribution in [0.4, 0.5) is 10.3 Å². The lowest BCUT2D eigenvalue weighted by Gasteiger charge is -2.36. The largest absolute Gasteiger partial charge is 0.339 e. The quantitative estimate of drug-likeness (QED) is 0.669. The number of anilines is 1. The standard InChI is InChI=1S/C22H22FN5O/c23-19-6-4-18(5-7-19)20(15-17-3-1-8-24-16-17)21(29)27-11-13-28(14-12-27)22-25-9-2-10-26-22/h1-10,16,20H,11-15H2. The third-order valence-corrected chi connectivity index (χ3v) is 5.16. The Kier molecular flexibility index (Phi) is 5.74. The zero-order chi connectivity index (χ0) is 20.1. The lowest BCUT2D eigenvalue weighted by atomic mass is 9.91. The van der Waals surface area contributed by atoms with E-state index in [2.05, 4.69) is 19.9 Å². The second kappa shape index (κ2) is 8.77. The van der Waals surface area contributed by atoms with Gasteiger partial charge in [0.1, 0.15) is 5.82 Å². The van der Waals surface area contributed by atoms with Crippen molar-refractivity contribution in [2.24, 2.45) is 0 Å². The number of amides is 1. The normalized spacial score (nSPS) is 15.2. The van der Waals surface area contributed by atoms with Crippen molar-refractivity contribution in [3.8, 4) is 0 Å². The molecule has 6 nitrogen and oxygen atoms in total. The summed E-state index contributed by atoms with van der Waals surface area (Å²) in [5, 5.41) is 0. The Morgan fingerprint density at radius 2 is 1.69 bits per heavy atom. The van der Waals surface area contributed by atoms with E-state index in [-0.39, 0.29) is 17.6 Å². The molecule has 1 aliphatic rings. The molecule has 4 rings (SSSR count). The van der Waals surface area contributed by atoms with E-state index in [1.54, 1.807) is 43.0 Å². The molecule has 0 bridgehead atoms. The minimum Gasteiger partial charge on any atom is -0.339 e. The van der Waals surface area contributed by atoms with E-state index in [0.29, 0.717) is 38.5 Å². The highest BCUT2D eigenvalue weighted by atomic mass is 19.1. The van der Waals surface area contributed by atoms with Gasteiger partial charge in [0, 0.05) is 51.0 Å². The molecule has 3 heterocycles. The molecule has 0 radical (unpaired) electrons. The smallest absolute Gasteiger partial charge is 0.230 e. The Morgan fingerprint density at radius 3 is 2.34 bits per heavy atom. The fourth-order valence-corrected chi connectivity index (χ4v) is 3.60. The minimum absolute atomic E-state index is 0.0501. The average molecular weight is 391 g/mol. The number of hydrogen-bond acceptors (Lipinski definition) is 5. The Hall–Kier alpha value is -3.35. The number of carbonyl (C=O) groups excluding carboxylic acids is 1. The topological polar surface area (TPSA) is 62.2 Å². The Morgan fingerprint density at radius 1 is 0.966 bits per heavy atom. The van der Waals surface area contributed by atoms with E-state index < -0.39 is 0 Å². The number of carbonyl (C=O) groups is 1. The van der Waals surface area contributed by atoms with Crippen LogP contribution in [0.1, 0.15) is 17.0 Å². The van der Waals surface area contributed by atoms with Crippen molar-refractivity contribution >= 4 is 11.9 Å². The Balaban J connectivity index is 1.50. The number of halogens is 1. The van der Waals surface area contributed by atoms with E-state index in [9.17, 15) is 9.18 Å². The van der Waals surface area contributed by atoms with Gasteiger partial charge in [-0.25, -0.2) is 14.4 Å². The molecule has 1 aromatic carbocycles. The van der Waals surface area contributed by atoms with Gasteiger partial charge in [-0.1, -0.05) is 18.2 Å². The van der Waals surface area contributed by atoms with Crippen molar-refractivity contribution in [3.05, 3.63) is 84.2 Å². The molecule has 148 valence electrons. The molecule has 2 aromatic heterocycles. The number of hydrogen-bond donors (Lipinski definition) is 0. The highest BCUT2D eigenvalue weighted by Gasteiger charge is 2.29. The van der Waals surface area contributed by atoms with E-state index in [1.165, 1.54) is 12.1 Å². The van der Waals surface area contributed by atoms with Crippen LogP contribution in [-0.2, 0) is 11.2 Å². The fourth-order valence-electron chi connectivity index (χ4n) is 3.60. The summed E-state index contributed by atoms with van der Waals surface area (Å²) in [5.41, 5.74) is 1.79. The van der Waals surface area contributed by atoms with Gasteiger partial charge in [0.15, 0.2) is 0 Å². The average Bonchev–Trinajstić information content (AvgIpc) is 2.79. The van der Waals surface area contributed by atoms with Gasteiger partial charge in [0.2, 0.25) is 11.9 Å². The van der Waals surface area contributed by atoms with Crippen LogP contribution in [0, 0.1) is 5.82 Å². The third kappa shape index (κ3) is 4.56. The minimum atomic E-state index is -0.376. The Labute approximate surface area is 169 Å². The second-order valence-electron chi connectivity index (χ2n) is 7.03. The Bertz CT molecular complexity index is 928. The van der Waals surface area contributed by atoms with Gasteiger partial charge in [-0.3, -0.25) is 9.78 Å². The first-order chi connectivity index (χ1) is 14.2. The van der Waals surface area contributed by atoms with Crippen LogP contribution < -0.4 is 4.90 Å². The van der Waals surface area contributed by atoms with Crippen molar-refractivity contribution in [1.29, 1.82) is 0 Å². The van der Waals surface area contributed by atoms with Crippen molar-refractivity contribution in [2.45, 2.75) is 12.3 Å². The molecule has 1 fully saturated rings. The highest BCUT2D eigenvalue weighted by Crippen LogP contribution is 2.25. The van der Waals surface area contributed by atoms with Gasteiger partial charge in [0.25, 0.3) is 0 Å². The van der Waals surface area contributed by atoms with Crippen LogP contribution in [-0.4, -0.2) is 51.9 Å². The molecular weight excluding hydrogens is 369 g/mol. The van der Waals surface area contributed by atoms with Crippen LogP contribution in [0.3, 0.4) is 0 Å². The molecule has 0 spiro atoms. The maximum absolute atomic E-state index is 13.4. The summed E-state index contributed by atoms with van der Waals surface area (Å²) in [4.78, 5) is 30.1. The van der Waals surface area contributed by atoms with Gasteiger partial charge in [-0.05, 0) is 41.8 Å². The van der Waals surface area contributed by atoms with E-state index >= 15 is 0 Å². The first-order valence-corrected chi connectivity index (χ1v) is 9.66. The molecule has 1 unspecified atom stereocenters. The molecule has 0 saturated carbocycles. The van der Waals surface area contributed by atoms with Crippen molar-refractivity contribution in [3.63, 3.8) is 0 Å². The molecule has 3 aromatic rings. The molecular formula is C22H22FN5O. The van der Waals surface area contributed by atoms with Crippen molar-refractivity contribution in [2.75, 3.05) is 31.1 Å². The predicted molar refractivity (Wildman–Crippen MR) is 108 cm³/mol. The van der Waals surface area contributed by atoms with E-state index in [4.69, 9.17) is 0 Å². The molecule has 1 saturated heterocycles. The zero-order valence-corrected chi connectivity index (χ0v) is 16.0. The number of nitrogens with zero attached hydrogens (tertiary/aromatic N) is 5. The summed E-state index contributed by atoms with van der Waals surface area (Å²) >= 11 is 0. The summed E-state index contributed by atoms with van der Waals surface area (Å²) in [6.07, 6.45) is 7.45. The second-order valence-corrected chi connectivity index (χ2v) is 7.03. The third-order valence-electron chi connectivity index (χ3n) is 5.16. The summed E-state index contributed by atoms with van der Waals surface area (Å²) < 4.78 is 13.4. The molecule has 1 amide bonds. The van der Waals surface area contributed by atoms with E-state index in [1.807, 2.05) is 17.0 Å². The first-order valence-electron chi connectivity index (χ1n) is 9.66. The molecule has 1 atom stereocenters.